The minimum absolute atomic E-state index is 0.150. The van der Waals surface area contributed by atoms with Crippen LogP contribution < -0.4 is 0 Å². The summed E-state index contributed by atoms with van der Waals surface area (Å²) in [4.78, 5) is 16.2. The normalized spacial score (nSPS) is 45.8. The monoisotopic (exact) mass is 348 g/mol. The Morgan fingerprint density at radius 2 is 1.96 bits per heavy atom. The molecular weight excluding hydrogens is 324 g/mol. The van der Waals surface area contributed by atoms with Crippen LogP contribution in [-0.4, -0.2) is 27.8 Å². The van der Waals surface area contributed by atoms with Crippen LogP contribution >= 0.6 is 0 Å². The van der Waals surface area contributed by atoms with Gasteiger partial charge in [-0.25, -0.2) is 9.78 Å². The second kappa shape index (κ2) is 5.05. The van der Waals surface area contributed by atoms with Gasteiger partial charge in [0.1, 0.15) is 0 Å². The quantitative estimate of drug-likeness (QED) is 0.720. The van der Waals surface area contributed by atoms with E-state index >= 15 is 0 Å². The van der Waals surface area contributed by atoms with Crippen molar-refractivity contribution < 1.29 is 23.8 Å². The van der Waals surface area contributed by atoms with Crippen LogP contribution in [0.15, 0.2) is 10.1 Å². The fourth-order valence-electron chi connectivity index (χ4n) is 5.22. The van der Waals surface area contributed by atoms with Crippen molar-refractivity contribution in [1.29, 1.82) is 0 Å². The summed E-state index contributed by atoms with van der Waals surface area (Å²) in [5.41, 5.74) is 0.477. The zero-order valence-corrected chi connectivity index (χ0v) is 15.1. The van der Waals surface area contributed by atoms with Gasteiger partial charge < -0.3 is 14.0 Å². The zero-order valence-electron chi connectivity index (χ0n) is 15.1. The predicted molar refractivity (Wildman–Crippen MR) is 85.5 cm³/mol. The van der Waals surface area contributed by atoms with E-state index in [9.17, 15) is 0 Å². The molecule has 3 saturated heterocycles. The van der Waals surface area contributed by atoms with Crippen LogP contribution in [0.4, 0.5) is 0 Å². The fraction of sp³-hybridized carbons (Fsp3) is 0.778. The van der Waals surface area contributed by atoms with Gasteiger partial charge in [-0.15, -0.1) is 0 Å². The number of ether oxygens (including phenoxy) is 2. The van der Waals surface area contributed by atoms with Crippen LogP contribution in [0, 0.1) is 24.7 Å². The van der Waals surface area contributed by atoms with E-state index in [-0.39, 0.29) is 5.92 Å². The van der Waals surface area contributed by atoms with Crippen LogP contribution in [0.25, 0.3) is 5.76 Å². The molecule has 0 amide bonds. The predicted octanol–water partition coefficient (Wildman–Crippen LogP) is 3.35. The van der Waals surface area contributed by atoms with Crippen LogP contribution in [0.3, 0.4) is 0 Å². The lowest BCUT2D eigenvalue weighted by Crippen LogP contribution is -2.66. The van der Waals surface area contributed by atoms with Crippen LogP contribution in [0.5, 0.6) is 0 Å². The summed E-state index contributed by atoms with van der Waals surface area (Å²) in [6.45, 7) is 8.09. The molecule has 6 atom stereocenters. The molecule has 1 aromatic rings. The first kappa shape index (κ1) is 15.8. The Kier molecular flexibility index (Phi) is 3.19. The van der Waals surface area contributed by atoms with Crippen molar-refractivity contribution in [1.82, 2.24) is 10.1 Å². The molecule has 1 saturated carbocycles. The van der Waals surface area contributed by atoms with Crippen LogP contribution in [0.2, 0.25) is 0 Å². The smallest absolute Gasteiger partial charge is 0.293 e. The number of rotatable bonds is 1. The number of hydrogen-bond donors (Lipinski definition) is 0. The molecule has 2 bridgehead atoms. The highest BCUT2D eigenvalue weighted by molar-refractivity contribution is 5.58. The largest absolute Gasteiger partial charge is 0.456 e. The molecule has 25 heavy (non-hydrogen) atoms. The second-order valence-electron chi connectivity index (χ2n) is 8.13. The molecule has 4 fully saturated rings. The molecule has 0 radical (unpaired) electrons. The van der Waals surface area contributed by atoms with Gasteiger partial charge in [-0.1, -0.05) is 12.1 Å². The zero-order chi connectivity index (χ0) is 17.4. The Morgan fingerprint density at radius 3 is 2.72 bits per heavy atom. The lowest BCUT2D eigenvalue weighted by atomic mass is 9.59. The molecule has 1 spiro atoms. The van der Waals surface area contributed by atoms with Gasteiger partial charge in [0, 0.05) is 18.3 Å². The van der Waals surface area contributed by atoms with E-state index in [0.29, 0.717) is 29.3 Å². The first-order chi connectivity index (χ1) is 11.9. The topological polar surface area (TPSA) is 75.8 Å². The Bertz CT molecular complexity index is 746. The van der Waals surface area contributed by atoms with E-state index in [1.807, 2.05) is 6.92 Å². The first-order valence-electron chi connectivity index (χ1n) is 9.16. The molecule has 6 rings (SSSR count). The Hall–Kier alpha value is -1.44. The summed E-state index contributed by atoms with van der Waals surface area (Å²) in [5.74, 6) is 1.88. The van der Waals surface area contributed by atoms with Gasteiger partial charge in [0.25, 0.3) is 5.89 Å². The summed E-state index contributed by atoms with van der Waals surface area (Å²) in [6.07, 6.45) is 3.43. The molecule has 5 aliphatic rings. The highest BCUT2D eigenvalue weighted by atomic mass is 17.3. The lowest BCUT2D eigenvalue weighted by molar-refractivity contribution is -0.553. The fourth-order valence-corrected chi connectivity index (χ4v) is 5.22. The highest BCUT2D eigenvalue weighted by Gasteiger charge is 2.68. The molecule has 5 heterocycles. The van der Waals surface area contributed by atoms with Crippen molar-refractivity contribution in [3.05, 3.63) is 17.3 Å². The number of fused-ring (bicyclic) bond motifs is 2. The van der Waals surface area contributed by atoms with E-state index < -0.39 is 17.7 Å². The van der Waals surface area contributed by atoms with Crippen molar-refractivity contribution in [2.45, 2.75) is 71.1 Å². The first-order valence-corrected chi connectivity index (χ1v) is 9.16. The number of nitrogens with zero attached hydrogens (tertiary/aromatic N) is 2. The van der Waals surface area contributed by atoms with Gasteiger partial charge in [0.05, 0.1) is 0 Å². The number of aryl methyl sites for hydroxylation is 1. The molecule has 4 aliphatic heterocycles. The number of hydrogen-bond acceptors (Lipinski definition) is 7. The van der Waals surface area contributed by atoms with Crippen molar-refractivity contribution >= 4 is 5.76 Å². The van der Waals surface area contributed by atoms with Gasteiger partial charge in [0.15, 0.2) is 17.2 Å². The summed E-state index contributed by atoms with van der Waals surface area (Å²) in [6, 6.07) is 0. The van der Waals surface area contributed by atoms with Crippen molar-refractivity contribution in [3.63, 3.8) is 0 Å². The Morgan fingerprint density at radius 1 is 1.12 bits per heavy atom. The Balaban J connectivity index is 1.66. The van der Waals surface area contributed by atoms with Crippen molar-refractivity contribution in [2.24, 2.45) is 17.8 Å². The molecule has 1 aliphatic carbocycles. The van der Waals surface area contributed by atoms with Gasteiger partial charge in [-0.3, -0.25) is 0 Å². The molecule has 136 valence electrons. The van der Waals surface area contributed by atoms with Crippen LogP contribution in [0.1, 0.15) is 58.2 Å². The average molecular weight is 348 g/mol. The van der Waals surface area contributed by atoms with Gasteiger partial charge in [-0.2, -0.15) is 4.98 Å². The summed E-state index contributed by atoms with van der Waals surface area (Å²) in [7, 11) is 0. The van der Waals surface area contributed by atoms with Gasteiger partial charge in [0.2, 0.25) is 12.1 Å². The standard InChI is InChI=1S/C18H24N2O5/c1-9-5-6-13-10(2)14(15-19-11(3)20-23-15)21-16-18(13)12(9)7-8-17(4,22-16)24-25-18/h9,12-13,16H,5-8H2,1-4H3/t9-,12+,13+,16-,17-,18-/m1/s1. The molecular formula is C18H24N2O5. The van der Waals surface area contributed by atoms with E-state index in [1.54, 1.807) is 6.92 Å². The van der Waals surface area contributed by atoms with E-state index in [4.69, 9.17) is 23.8 Å². The third-order valence-corrected chi connectivity index (χ3v) is 6.55. The van der Waals surface area contributed by atoms with E-state index in [0.717, 1.165) is 31.3 Å². The maximum atomic E-state index is 6.31. The van der Waals surface area contributed by atoms with E-state index in [2.05, 4.69) is 24.0 Å². The highest BCUT2D eigenvalue weighted by Crippen LogP contribution is 2.60. The van der Waals surface area contributed by atoms with Gasteiger partial charge >= 0.3 is 0 Å². The third-order valence-electron chi connectivity index (χ3n) is 6.55. The lowest BCUT2D eigenvalue weighted by Gasteiger charge is -2.56. The average Bonchev–Trinajstić information content (AvgIpc) is 2.88. The summed E-state index contributed by atoms with van der Waals surface area (Å²) >= 11 is 0. The third kappa shape index (κ3) is 2.03. The van der Waals surface area contributed by atoms with Crippen LogP contribution in [-0.2, 0) is 19.2 Å². The molecule has 0 aromatic carbocycles. The SMILES string of the molecule is CC1=C(c2nc(C)no2)O[C@@H]2O[C@@]3(C)CC[C@H]4[C@H](C)CC[C@@H]1[C@@]24OO3. The van der Waals surface area contributed by atoms with E-state index in [1.165, 1.54) is 0 Å². The maximum Gasteiger partial charge on any atom is 0.293 e. The number of aromatic nitrogens is 2. The Labute approximate surface area is 146 Å². The van der Waals surface area contributed by atoms with Crippen molar-refractivity contribution in [2.75, 3.05) is 0 Å². The maximum absolute atomic E-state index is 6.31. The minimum Gasteiger partial charge on any atom is -0.456 e. The van der Waals surface area contributed by atoms with Gasteiger partial charge in [-0.05, 0) is 51.5 Å². The molecule has 0 N–H and O–H groups in total. The molecule has 7 nitrogen and oxygen atoms in total. The van der Waals surface area contributed by atoms with Crippen molar-refractivity contribution in [3.8, 4) is 0 Å². The summed E-state index contributed by atoms with van der Waals surface area (Å²) < 4.78 is 18.0. The second-order valence-corrected chi connectivity index (χ2v) is 8.13. The minimum atomic E-state index is -0.779. The summed E-state index contributed by atoms with van der Waals surface area (Å²) in [5, 5.41) is 3.90. The molecule has 0 unspecified atom stereocenters. The molecule has 7 heteroatoms. The molecule has 1 aromatic heterocycles.